The fourth-order valence-corrected chi connectivity index (χ4v) is 3.82. The Morgan fingerprint density at radius 1 is 1.31 bits per heavy atom. The average Bonchev–Trinajstić information content (AvgIpc) is 2.98. The number of halogens is 1. The number of carbonyl (C=O) groups excluding carboxylic acids is 1. The first-order valence-corrected chi connectivity index (χ1v) is 9.25. The third-order valence-electron chi connectivity index (χ3n) is 5.32. The lowest BCUT2D eigenvalue weighted by Crippen LogP contribution is -2.31. The van der Waals surface area contributed by atoms with Gasteiger partial charge in [-0.1, -0.05) is 18.2 Å². The van der Waals surface area contributed by atoms with Crippen molar-refractivity contribution in [3.8, 4) is 0 Å². The monoisotopic (exact) mass is 354 g/mol. The summed E-state index contributed by atoms with van der Waals surface area (Å²) in [5.41, 5.74) is 2.42. The number of amides is 1. The highest BCUT2D eigenvalue weighted by atomic mass is 19.1. The molecule has 1 N–H and O–H groups in total. The van der Waals surface area contributed by atoms with Crippen molar-refractivity contribution < 1.29 is 9.18 Å². The van der Waals surface area contributed by atoms with Gasteiger partial charge in [-0.15, -0.1) is 0 Å². The van der Waals surface area contributed by atoms with E-state index in [2.05, 4.69) is 10.3 Å². The van der Waals surface area contributed by atoms with E-state index in [4.69, 9.17) is 4.98 Å². The number of piperidine rings is 1. The molecule has 26 heavy (non-hydrogen) atoms. The van der Waals surface area contributed by atoms with E-state index in [-0.39, 0.29) is 17.6 Å². The summed E-state index contributed by atoms with van der Waals surface area (Å²) in [5.74, 6) is 1.62. The molecule has 5 nitrogen and oxygen atoms in total. The second kappa shape index (κ2) is 7.11. The van der Waals surface area contributed by atoms with Crippen LogP contribution in [0.1, 0.15) is 41.4 Å². The predicted octanol–water partition coefficient (Wildman–Crippen LogP) is 2.52. The summed E-state index contributed by atoms with van der Waals surface area (Å²) in [6.45, 7) is 4.30. The minimum absolute atomic E-state index is 0.0210. The minimum atomic E-state index is -0.229. The molecule has 0 radical (unpaired) electrons. The van der Waals surface area contributed by atoms with Gasteiger partial charge in [0.05, 0.1) is 6.42 Å². The molecule has 6 heteroatoms. The molecule has 1 fully saturated rings. The Kier molecular flexibility index (Phi) is 4.68. The summed E-state index contributed by atoms with van der Waals surface area (Å²) in [4.78, 5) is 23.7. The minimum Gasteiger partial charge on any atom is -0.316 e. The van der Waals surface area contributed by atoms with Crippen molar-refractivity contribution in [2.75, 3.05) is 24.5 Å². The zero-order valence-electron chi connectivity index (χ0n) is 15.0. The Morgan fingerprint density at radius 3 is 2.92 bits per heavy atom. The second-order valence-electron chi connectivity index (χ2n) is 7.08. The first-order chi connectivity index (χ1) is 12.6. The quantitative estimate of drug-likeness (QED) is 0.917. The lowest BCUT2D eigenvalue weighted by atomic mass is 9.98. The van der Waals surface area contributed by atoms with Crippen LogP contribution in [0.25, 0.3) is 0 Å². The Bertz CT molecular complexity index is 833. The molecule has 2 aromatic rings. The lowest BCUT2D eigenvalue weighted by molar-refractivity contribution is -0.117. The number of anilines is 1. The summed E-state index contributed by atoms with van der Waals surface area (Å²) < 4.78 is 13.9. The summed E-state index contributed by atoms with van der Waals surface area (Å²) in [7, 11) is 0. The Morgan fingerprint density at radius 2 is 2.15 bits per heavy atom. The van der Waals surface area contributed by atoms with Crippen LogP contribution in [0, 0.1) is 12.7 Å². The molecule has 2 aliphatic rings. The molecule has 0 spiro atoms. The molecule has 1 aromatic carbocycles. The smallest absolute Gasteiger partial charge is 0.232 e. The summed E-state index contributed by atoms with van der Waals surface area (Å²) >= 11 is 0. The SMILES string of the molecule is Cc1nc([C@@H]2CCCNC2)nc2c1CC(=O)N2CCc1ccccc1F. The third-order valence-corrected chi connectivity index (χ3v) is 5.32. The largest absolute Gasteiger partial charge is 0.316 e. The van der Waals surface area contributed by atoms with Gasteiger partial charge < -0.3 is 5.32 Å². The predicted molar refractivity (Wildman–Crippen MR) is 97.8 cm³/mol. The standard InChI is InChI=1S/C20H23FN4O/c1-13-16-11-18(26)25(10-8-14-5-2-3-7-17(14)21)20(16)24-19(23-13)15-6-4-9-22-12-15/h2-3,5,7,15,22H,4,6,8-12H2,1H3/t15-/m1/s1. The first-order valence-electron chi connectivity index (χ1n) is 9.25. The lowest BCUT2D eigenvalue weighted by Gasteiger charge is -2.23. The molecule has 1 atom stereocenters. The van der Waals surface area contributed by atoms with Crippen LogP contribution in [0.3, 0.4) is 0 Å². The molecule has 3 heterocycles. The molecule has 4 rings (SSSR count). The fraction of sp³-hybridized carbons (Fsp3) is 0.450. The van der Waals surface area contributed by atoms with Gasteiger partial charge in [-0.05, 0) is 44.4 Å². The first kappa shape index (κ1) is 17.1. The molecular formula is C20H23FN4O. The molecule has 0 aliphatic carbocycles. The molecule has 0 unspecified atom stereocenters. The molecule has 1 amide bonds. The van der Waals surface area contributed by atoms with Crippen LogP contribution in [0.4, 0.5) is 10.2 Å². The molecule has 0 bridgehead atoms. The third kappa shape index (κ3) is 3.21. The van der Waals surface area contributed by atoms with Crippen molar-refractivity contribution in [3.63, 3.8) is 0 Å². The van der Waals surface area contributed by atoms with Crippen molar-refractivity contribution in [2.24, 2.45) is 0 Å². The highest BCUT2D eigenvalue weighted by molar-refractivity contribution is 6.00. The van der Waals surface area contributed by atoms with Gasteiger partial charge in [0.2, 0.25) is 5.91 Å². The molecule has 136 valence electrons. The van der Waals surface area contributed by atoms with E-state index in [0.29, 0.717) is 24.9 Å². The summed E-state index contributed by atoms with van der Waals surface area (Å²) in [6, 6.07) is 6.71. The average molecular weight is 354 g/mol. The van der Waals surface area contributed by atoms with Crippen molar-refractivity contribution in [1.82, 2.24) is 15.3 Å². The highest BCUT2D eigenvalue weighted by Gasteiger charge is 2.32. The van der Waals surface area contributed by atoms with E-state index in [1.54, 1.807) is 17.0 Å². The van der Waals surface area contributed by atoms with Crippen LogP contribution < -0.4 is 10.2 Å². The second-order valence-corrected chi connectivity index (χ2v) is 7.08. The van der Waals surface area contributed by atoms with Crippen LogP contribution in [-0.2, 0) is 17.6 Å². The van der Waals surface area contributed by atoms with Gasteiger partial charge in [0, 0.05) is 30.3 Å². The molecule has 1 aromatic heterocycles. The van der Waals surface area contributed by atoms with Crippen LogP contribution in [0.5, 0.6) is 0 Å². The fourth-order valence-electron chi connectivity index (χ4n) is 3.82. The van der Waals surface area contributed by atoms with Crippen LogP contribution in [0.15, 0.2) is 24.3 Å². The van der Waals surface area contributed by atoms with Gasteiger partial charge in [0.1, 0.15) is 17.5 Å². The van der Waals surface area contributed by atoms with E-state index in [9.17, 15) is 9.18 Å². The summed E-state index contributed by atoms with van der Waals surface area (Å²) in [6.07, 6.45) is 2.98. The van der Waals surface area contributed by atoms with Gasteiger partial charge in [-0.2, -0.15) is 0 Å². The number of nitrogens with one attached hydrogen (secondary N) is 1. The zero-order valence-corrected chi connectivity index (χ0v) is 15.0. The number of nitrogens with zero attached hydrogens (tertiary/aromatic N) is 3. The van der Waals surface area contributed by atoms with E-state index in [1.807, 2.05) is 13.0 Å². The van der Waals surface area contributed by atoms with Gasteiger partial charge >= 0.3 is 0 Å². The van der Waals surface area contributed by atoms with E-state index in [0.717, 1.165) is 48.8 Å². The topological polar surface area (TPSA) is 58.1 Å². The maximum absolute atomic E-state index is 13.9. The highest BCUT2D eigenvalue weighted by Crippen LogP contribution is 2.31. The molecular weight excluding hydrogens is 331 g/mol. The molecule has 1 saturated heterocycles. The number of aryl methyl sites for hydroxylation is 1. The summed E-state index contributed by atoms with van der Waals surface area (Å²) in [5, 5.41) is 3.39. The Balaban J connectivity index is 1.59. The number of benzene rings is 1. The zero-order chi connectivity index (χ0) is 18.1. The number of hydrogen-bond acceptors (Lipinski definition) is 4. The maximum Gasteiger partial charge on any atom is 0.232 e. The van der Waals surface area contributed by atoms with Crippen LogP contribution in [0.2, 0.25) is 0 Å². The Labute approximate surface area is 152 Å². The van der Waals surface area contributed by atoms with Gasteiger partial charge in [-0.3, -0.25) is 9.69 Å². The van der Waals surface area contributed by atoms with Crippen molar-refractivity contribution in [3.05, 3.63) is 52.7 Å². The number of carbonyl (C=O) groups is 1. The number of aromatic nitrogens is 2. The number of fused-ring (bicyclic) bond motifs is 1. The molecule has 0 saturated carbocycles. The number of hydrogen-bond donors (Lipinski definition) is 1. The van der Waals surface area contributed by atoms with E-state index in [1.165, 1.54) is 6.07 Å². The van der Waals surface area contributed by atoms with Crippen molar-refractivity contribution in [2.45, 2.75) is 38.5 Å². The maximum atomic E-state index is 13.9. The Hall–Kier alpha value is -2.34. The van der Waals surface area contributed by atoms with Gasteiger partial charge in [0.25, 0.3) is 0 Å². The molecule has 2 aliphatic heterocycles. The number of rotatable bonds is 4. The van der Waals surface area contributed by atoms with Crippen molar-refractivity contribution >= 4 is 11.7 Å². The van der Waals surface area contributed by atoms with Crippen molar-refractivity contribution in [1.29, 1.82) is 0 Å². The van der Waals surface area contributed by atoms with Crippen LogP contribution >= 0.6 is 0 Å². The normalized spacial score (nSPS) is 19.7. The van der Waals surface area contributed by atoms with E-state index >= 15 is 0 Å². The van der Waals surface area contributed by atoms with Crippen LogP contribution in [-0.4, -0.2) is 35.5 Å². The van der Waals surface area contributed by atoms with Gasteiger partial charge in [-0.25, -0.2) is 14.4 Å². The van der Waals surface area contributed by atoms with E-state index < -0.39 is 0 Å². The van der Waals surface area contributed by atoms with Gasteiger partial charge in [0.15, 0.2) is 0 Å².